The van der Waals surface area contributed by atoms with Crippen molar-refractivity contribution in [3.05, 3.63) is 22.7 Å². The Kier molecular flexibility index (Phi) is 3.03. The topological polar surface area (TPSA) is 33.3 Å². The van der Waals surface area contributed by atoms with E-state index in [-0.39, 0.29) is 0 Å². The largest absolute Gasteiger partial charge is 0.495 e. The van der Waals surface area contributed by atoms with Gasteiger partial charge in [0.15, 0.2) is 0 Å². The molecule has 1 aliphatic heterocycles. The fraction of sp³-hybridized carbons (Fsp3) is 0.455. The van der Waals surface area contributed by atoms with Crippen molar-refractivity contribution in [3.8, 4) is 5.75 Å². The van der Waals surface area contributed by atoms with E-state index in [4.69, 9.17) is 16.3 Å². The predicted molar refractivity (Wildman–Crippen MR) is 63.2 cm³/mol. The van der Waals surface area contributed by atoms with Crippen molar-refractivity contribution >= 4 is 17.3 Å². The van der Waals surface area contributed by atoms with Crippen molar-refractivity contribution in [1.82, 2.24) is 5.32 Å². The number of benzene rings is 1. The van der Waals surface area contributed by atoms with Gasteiger partial charge in [-0.3, -0.25) is 0 Å². The molecule has 1 atom stereocenters. The fourth-order valence-corrected chi connectivity index (χ4v) is 2.39. The number of ether oxygens (including phenoxy) is 1. The van der Waals surface area contributed by atoms with Crippen molar-refractivity contribution in [2.45, 2.75) is 5.92 Å². The van der Waals surface area contributed by atoms with Crippen LogP contribution in [0.25, 0.3) is 0 Å². The highest BCUT2D eigenvalue weighted by Crippen LogP contribution is 2.42. The molecule has 0 spiro atoms. The van der Waals surface area contributed by atoms with Crippen LogP contribution in [0.2, 0.25) is 5.02 Å². The normalized spacial score (nSPS) is 18.5. The molecule has 0 saturated carbocycles. The standard InChI is InChI=1S/C11H15ClN2O/c1-13-5-7-6-14-11-9(15-2)4-3-8(12)10(7)11/h3-4,7,13-14H,5-6H2,1-2H3. The SMILES string of the molecule is CNCC1CNc2c(OC)ccc(Cl)c21. The summed E-state index contributed by atoms with van der Waals surface area (Å²) in [5.74, 6) is 1.29. The third-order valence-electron chi connectivity index (χ3n) is 2.76. The maximum Gasteiger partial charge on any atom is 0.142 e. The maximum absolute atomic E-state index is 6.21. The van der Waals surface area contributed by atoms with Gasteiger partial charge in [-0.25, -0.2) is 0 Å². The van der Waals surface area contributed by atoms with Gasteiger partial charge in [0.2, 0.25) is 0 Å². The molecular weight excluding hydrogens is 212 g/mol. The summed E-state index contributed by atoms with van der Waals surface area (Å²) in [4.78, 5) is 0. The van der Waals surface area contributed by atoms with E-state index in [9.17, 15) is 0 Å². The minimum absolute atomic E-state index is 0.424. The predicted octanol–water partition coefficient (Wildman–Crippen LogP) is 2.08. The van der Waals surface area contributed by atoms with Crippen LogP contribution in [-0.4, -0.2) is 27.2 Å². The van der Waals surface area contributed by atoms with Gasteiger partial charge >= 0.3 is 0 Å². The summed E-state index contributed by atoms with van der Waals surface area (Å²) in [5, 5.41) is 7.34. The molecule has 1 unspecified atom stereocenters. The molecule has 0 bridgehead atoms. The van der Waals surface area contributed by atoms with E-state index in [0.29, 0.717) is 5.92 Å². The molecule has 0 aliphatic carbocycles. The van der Waals surface area contributed by atoms with E-state index in [0.717, 1.165) is 29.5 Å². The molecule has 2 N–H and O–H groups in total. The average molecular weight is 227 g/mol. The molecule has 15 heavy (non-hydrogen) atoms. The van der Waals surface area contributed by atoms with E-state index in [1.54, 1.807) is 7.11 Å². The van der Waals surface area contributed by atoms with Crippen LogP contribution in [0.5, 0.6) is 5.75 Å². The van der Waals surface area contributed by atoms with Crippen LogP contribution in [0, 0.1) is 0 Å². The number of hydrogen-bond donors (Lipinski definition) is 2. The molecule has 1 aliphatic rings. The first-order valence-corrected chi connectivity index (χ1v) is 5.40. The molecule has 0 amide bonds. The van der Waals surface area contributed by atoms with E-state index < -0.39 is 0 Å². The second-order valence-corrected chi connectivity index (χ2v) is 4.08. The average Bonchev–Trinajstić information content (AvgIpc) is 2.64. The third-order valence-corrected chi connectivity index (χ3v) is 3.09. The van der Waals surface area contributed by atoms with Gasteiger partial charge in [0.1, 0.15) is 5.75 Å². The molecule has 0 fully saturated rings. The van der Waals surface area contributed by atoms with Gasteiger partial charge < -0.3 is 15.4 Å². The number of rotatable bonds is 3. The Morgan fingerprint density at radius 3 is 3.07 bits per heavy atom. The van der Waals surface area contributed by atoms with Gasteiger partial charge in [0.25, 0.3) is 0 Å². The molecule has 4 heteroatoms. The fourth-order valence-electron chi connectivity index (χ4n) is 2.07. The van der Waals surface area contributed by atoms with Crippen molar-refractivity contribution in [1.29, 1.82) is 0 Å². The van der Waals surface area contributed by atoms with Crippen LogP contribution >= 0.6 is 11.6 Å². The van der Waals surface area contributed by atoms with Crippen molar-refractivity contribution in [3.63, 3.8) is 0 Å². The summed E-state index contributed by atoms with van der Waals surface area (Å²) in [5.41, 5.74) is 2.22. The number of methoxy groups -OCH3 is 1. The van der Waals surface area contributed by atoms with Crippen molar-refractivity contribution in [2.75, 3.05) is 32.6 Å². The monoisotopic (exact) mass is 226 g/mol. The number of fused-ring (bicyclic) bond motifs is 1. The molecule has 0 aromatic heterocycles. The Balaban J connectivity index is 2.42. The first kappa shape index (κ1) is 10.6. The van der Waals surface area contributed by atoms with Crippen molar-refractivity contribution in [2.24, 2.45) is 0 Å². The van der Waals surface area contributed by atoms with E-state index in [2.05, 4.69) is 10.6 Å². The number of hydrogen-bond acceptors (Lipinski definition) is 3. The van der Waals surface area contributed by atoms with Gasteiger partial charge in [-0.15, -0.1) is 0 Å². The van der Waals surface area contributed by atoms with Crippen LogP contribution in [-0.2, 0) is 0 Å². The lowest BCUT2D eigenvalue weighted by Crippen LogP contribution is -2.18. The van der Waals surface area contributed by atoms with Crippen LogP contribution in [0.15, 0.2) is 12.1 Å². The summed E-state index contributed by atoms with van der Waals surface area (Å²) in [7, 11) is 3.63. The molecule has 2 rings (SSSR count). The molecule has 1 aromatic carbocycles. The Morgan fingerprint density at radius 2 is 2.40 bits per heavy atom. The molecule has 0 saturated heterocycles. The summed E-state index contributed by atoms with van der Waals surface area (Å²) in [6.45, 7) is 1.84. The number of nitrogens with one attached hydrogen (secondary N) is 2. The molecule has 1 heterocycles. The van der Waals surface area contributed by atoms with Gasteiger partial charge in [-0.05, 0) is 19.2 Å². The maximum atomic E-state index is 6.21. The zero-order valence-corrected chi connectivity index (χ0v) is 9.69. The molecule has 1 aromatic rings. The molecule has 82 valence electrons. The van der Waals surface area contributed by atoms with Crippen LogP contribution in [0.4, 0.5) is 5.69 Å². The van der Waals surface area contributed by atoms with Gasteiger partial charge in [0, 0.05) is 29.6 Å². The quantitative estimate of drug-likeness (QED) is 0.828. The highest BCUT2D eigenvalue weighted by atomic mass is 35.5. The Labute approximate surface area is 94.8 Å². The van der Waals surface area contributed by atoms with E-state index >= 15 is 0 Å². The van der Waals surface area contributed by atoms with Crippen LogP contribution < -0.4 is 15.4 Å². The van der Waals surface area contributed by atoms with Crippen LogP contribution in [0.3, 0.4) is 0 Å². The number of anilines is 1. The highest BCUT2D eigenvalue weighted by molar-refractivity contribution is 6.32. The summed E-state index contributed by atoms with van der Waals surface area (Å²) in [6.07, 6.45) is 0. The number of halogens is 1. The summed E-state index contributed by atoms with van der Waals surface area (Å²) < 4.78 is 5.30. The second kappa shape index (κ2) is 4.29. The zero-order valence-electron chi connectivity index (χ0n) is 8.93. The minimum Gasteiger partial charge on any atom is -0.495 e. The lowest BCUT2D eigenvalue weighted by molar-refractivity contribution is 0.416. The van der Waals surface area contributed by atoms with Crippen LogP contribution in [0.1, 0.15) is 11.5 Å². The van der Waals surface area contributed by atoms with Gasteiger partial charge in [0.05, 0.1) is 12.8 Å². The Hall–Kier alpha value is -0.930. The lowest BCUT2D eigenvalue weighted by Gasteiger charge is -2.12. The zero-order chi connectivity index (χ0) is 10.8. The summed E-state index contributed by atoms with van der Waals surface area (Å²) >= 11 is 6.21. The Bertz CT molecular complexity index is 368. The molecular formula is C11H15ClN2O. The minimum atomic E-state index is 0.424. The third kappa shape index (κ3) is 1.77. The van der Waals surface area contributed by atoms with E-state index in [1.807, 2.05) is 19.2 Å². The first-order chi connectivity index (χ1) is 7.27. The lowest BCUT2D eigenvalue weighted by atomic mass is 10.0. The Morgan fingerprint density at radius 1 is 1.60 bits per heavy atom. The summed E-state index contributed by atoms with van der Waals surface area (Å²) in [6, 6.07) is 3.80. The second-order valence-electron chi connectivity index (χ2n) is 3.67. The molecule has 0 radical (unpaired) electrons. The highest BCUT2D eigenvalue weighted by Gasteiger charge is 2.26. The van der Waals surface area contributed by atoms with Gasteiger partial charge in [-0.1, -0.05) is 11.6 Å². The first-order valence-electron chi connectivity index (χ1n) is 5.02. The van der Waals surface area contributed by atoms with Gasteiger partial charge in [-0.2, -0.15) is 0 Å². The molecule has 3 nitrogen and oxygen atoms in total. The smallest absolute Gasteiger partial charge is 0.142 e. The van der Waals surface area contributed by atoms with Crippen molar-refractivity contribution < 1.29 is 4.74 Å². The van der Waals surface area contributed by atoms with E-state index in [1.165, 1.54) is 5.56 Å². The number of likely N-dealkylation sites (N-methyl/N-ethyl adjacent to an activating group) is 1.